The highest BCUT2D eigenvalue weighted by Gasteiger charge is 2.15. The molecule has 0 aliphatic carbocycles. The van der Waals surface area contributed by atoms with Crippen molar-refractivity contribution in [2.24, 2.45) is 0 Å². The van der Waals surface area contributed by atoms with Crippen LogP contribution in [0.15, 0.2) is 37.5 Å². The molecule has 15 heavy (non-hydrogen) atoms. The molecule has 0 heterocycles. The number of rotatable bonds is 8. The summed E-state index contributed by atoms with van der Waals surface area (Å²) in [4.78, 5) is 12.7. The van der Waals surface area contributed by atoms with Crippen LogP contribution in [-0.4, -0.2) is 35.1 Å². The van der Waals surface area contributed by atoms with E-state index in [1.54, 1.807) is 12.2 Å². The Labute approximate surface area is 91.4 Å². The molecule has 1 atom stereocenters. The molecule has 1 unspecified atom stereocenters. The average Bonchev–Trinajstić information content (AvgIpc) is 2.17. The lowest BCUT2D eigenvalue weighted by Crippen LogP contribution is -2.34. The molecule has 0 aromatic rings. The van der Waals surface area contributed by atoms with E-state index in [2.05, 4.69) is 24.6 Å². The third-order valence-electron chi connectivity index (χ3n) is 2.19. The van der Waals surface area contributed by atoms with Crippen LogP contribution in [0.25, 0.3) is 0 Å². The lowest BCUT2D eigenvalue weighted by Gasteiger charge is -2.26. The summed E-state index contributed by atoms with van der Waals surface area (Å²) in [5, 5.41) is 8.71. The van der Waals surface area contributed by atoms with Gasteiger partial charge in [0.25, 0.3) is 0 Å². The molecule has 3 heteroatoms. The highest BCUT2D eigenvalue weighted by molar-refractivity contribution is 5.85. The summed E-state index contributed by atoms with van der Waals surface area (Å²) in [7, 11) is 0. The third-order valence-corrected chi connectivity index (χ3v) is 2.19. The largest absolute Gasteiger partial charge is 0.478 e. The summed E-state index contributed by atoms with van der Waals surface area (Å²) < 4.78 is 0. The minimum Gasteiger partial charge on any atom is -0.478 e. The summed E-state index contributed by atoms with van der Waals surface area (Å²) in [5.74, 6) is -0.931. The van der Waals surface area contributed by atoms with Gasteiger partial charge in [0.1, 0.15) is 0 Å². The molecule has 0 bridgehead atoms. The molecule has 0 radical (unpaired) electrons. The van der Waals surface area contributed by atoms with E-state index in [-0.39, 0.29) is 11.6 Å². The molecule has 0 fully saturated rings. The van der Waals surface area contributed by atoms with Crippen LogP contribution in [-0.2, 0) is 4.79 Å². The molecule has 1 N–H and O–H groups in total. The highest BCUT2D eigenvalue weighted by Crippen LogP contribution is 2.10. The van der Waals surface area contributed by atoms with Crippen molar-refractivity contribution in [1.29, 1.82) is 0 Å². The monoisotopic (exact) mass is 209 g/mol. The van der Waals surface area contributed by atoms with E-state index in [1.165, 1.54) is 0 Å². The zero-order valence-electron chi connectivity index (χ0n) is 9.28. The van der Waals surface area contributed by atoms with Crippen molar-refractivity contribution in [3.8, 4) is 0 Å². The van der Waals surface area contributed by atoms with Gasteiger partial charge in [-0.25, -0.2) is 4.79 Å². The molecule has 84 valence electrons. The number of hydrogen-bond acceptors (Lipinski definition) is 2. The Morgan fingerprint density at radius 2 is 1.87 bits per heavy atom. The second-order valence-corrected chi connectivity index (χ2v) is 3.49. The van der Waals surface area contributed by atoms with Crippen molar-refractivity contribution in [2.75, 3.05) is 13.1 Å². The first-order valence-electron chi connectivity index (χ1n) is 4.89. The Balaban J connectivity index is 4.29. The molecule has 0 amide bonds. The molecule has 0 rings (SSSR count). The van der Waals surface area contributed by atoms with Gasteiger partial charge in [-0.2, -0.15) is 0 Å². The predicted molar refractivity (Wildman–Crippen MR) is 62.8 cm³/mol. The number of carboxylic acids is 1. The van der Waals surface area contributed by atoms with Crippen LogP contribution in [0.3, 0.4) is 0 Å². The van der Waals surface area contributed by atoms with Crippen molar-refractivity contribution < 1.29 is 9.90 Å². The van der Waals surface area contributed by atoms with Gasteiger partial charge in [0.05, 0.1) is 0 Å². The number of aliphatic carboxylic acids is 1. The van der Waals surface area contributed by atoms with E-state index in [4.69, 9.17) is 5.11 Å². The Kier molecular flexibility index (Phi) is 6.38. The van der Waals surface area contributed by atoms with Crippen molar-refractivity contribution in [3.05, 3.63) is 37.5 Å². The fraction of sp³-hybridized carbons (Fsp3) is 0.417. The second-order valence-electron chi connectivity index (χ2n) is 3.49. The van der Waals surface area contributed by atoms with E-state index in [0.717, 1.165) is 13.1 Å². The predicted octanol–water partition coefficient (Wildman–Crippen LogP) is 2.08. The van der Waals surface area contributed by atoms with Gasteiger partial charge in [0.15, 0.2) is 0 Å². The SMILES string of the molecule is C=CCN(CC=C)C(C)CC(=C)C(=O)O. The normalized spacial score (nSPS) is 12.1. The first-order valence-corrected chi connectivity index (χ1v) is 4.89. The zero-order valence-corrected chi connectivity index (χ0v) is 9.28. The van der Waals surface area contributed by atoms with Crippen molar-refractivity contribution in [3.63, 3.8) is 0 Å². The van der Waals surface area contributed by atoms with Gasteiger partial charge in [-0.3, -0.25) is 4.90 Å². The zero-order chi connectivity index (χ0) is 11.8. The van der Waals surface area contributed by atoms with E-state index in [9.17, 15) is 4.79 Å². The van der Waals surface area contributed by atoms with Gasteiger partial charge in [-0.1, -0.05) is 18.7 Å². The van der Waals surface area contributed by atoms with E-state index < -0.39 is 5.97 Å². The molecule has 0 aromatic carbocycles. The number of carbonyl (C=O) groups is 1. The smallest absolute Gasteiger partial charge is 0.331 e. The molecule has 3 nitrogen and oxygen atoms in total. The van der Waals surface area contributed by atoms with Crippen LogP contribution >= 0.6 is 0 Å². The van der Waals surface area contributed by atoms with Gasteiger partial charge in [-0.15, -0.1) is 13.2 Å². The molecule has 0 aliphatic heterocycles. The number of nitrogens with zero attached hydrogens (tertiary/aromatic N) is 1. The van der Waals surface area contributed by atoms with Crippen LogP contribution < -0.4 is 0 Å². The summed E-state index contributed by atoms with van der Waals surface area (Å²) in [6, 6.07) is 0.129. The lowest BCUT2D eigenvalue weighted by molar-refractivity contribution is -0.132. The fourth-order valence-electron chi connectivity index (χ4n) is 1.34. The summed E-state index contributed by atoms with van der Waals surface area (Å²) in [6.07, 6.45) is 4.05. The summed E-state index contributed by atoms with van der Waals surface area (Å²) in [5.41, 5.74) is 0.237. The maximum Gasteiger partial charge on any atom is 0.331 e. The van der Waals surface area contributed by atoms with Gasteiger partial charge in [0.2, 0.25) is 0 Å². The minimum absolute atomic E-state index is 0.129. The summed E-state index contributed by atoms with van der Waals surface area (Å²) >= 11 is 0. The van der Waals surface area contributed by atoms with Crippen molar-refractivity contribution in [2.45, 2.75) is 19.4 Å². The fourth-order valence-corrected chi connectivity index (χ4v) is 1.34. The molecular formula is C12H19NO2. The van der Waals surface area contributed by atoms with Gasteiger partial charge in [0, 0.05) is 24.7 Å². The van der Waals surface area contributed by atoms with Crippen LogP contribution in [0.1, 0.15) is 13.3 Å². The van der Waals surface area contributed by atoms with E-state index in [0.29, 0.717) is 6.42 Å². The third kappa shape index (κ3) is 5.18. The molecule has 0 saturated carbocycles. The van der Waals surface area contributed by atoms with Crippen LogP contribution in [0.5, 0.6) is 0 Å². The molecular weight excluding hydrogens is 190 g/mol. The Bertz CT molecular complexity index is 248. The van der Waals surface area contributed by atoms with Crippen molar-refractivity contribution in [1.82, 2.24) is 4.90 Å². The Morgan fingerprint density at radius 3 is 2.20 bits per heavy atom. The topological polar surface area (TPSA) is 40.5 Å². The Morgan fingerprint density at radius 1 is 1.40 bits per heavy atom. The van der Waals surface area contributed by atoms with Crippen LogP contribution in [0.4, 0.5) is 0 Å². The molecule has 0 saturated heterocycles. The Hall–Kier alpha value is -1.35. The first kappa shape index (κ1) is 13.7. The molecule has 0 spiro atoms. The maximum absolute atomic E-state index is 10.6. The van der Waals surface area contributed by atoms with Crippen molar-refractivity contribution >= 4 is 5.97 Å². The van der Waals surface area contributed by atoms with Gasteiger partial charge < -0.3 is 5.11 Å². The van der Waals surface area contributed by atoms with E-state index in [1.807, 2.05) is 6.92 Å². The highest BCUT2D eigenvalue weighted by atomic mass is 16.4. The van der Waals surface area contributed by atoms with Gasteiger partial charge in [-0.05, 0) is 13.3 Å². The first-order chi connectivity index (χ1) is 7.02. The summed E-state index contributed by atoms with van der Waals surface area (Å²) in [6.45, 7) is 14.3. The number of carboxylic acid groups (broad SMARTS) is 1. The molecule has 0 aromatic heterocycles. The van der Waals surface area contributed by atoms with Crippen LogP contribution in [0, 0.1) is 0 Å². The lowest BCUT2D eigenvalue weighted by atomic mass is 10.1. The second kappa shape index (κ2) is 7.01. The standard InChI is InChI=1S/C12H19NO2/c1-5-7-13(8-6-2)11(4)9-10(3)12(14)15/h5-6,11H,1-3,7-9H2,4H3,(H,14,15). The molecule has 0 aliphatic rings. The maximum atomic E-state index is 10.6. The number of hydrogen-bond donors (Lipinski definition) is 1. The minimum atomic E-state index is -0.931. The van der Waals surface area contributed by atoms with Crippen LogP contribution in [0.2, 0.25) is 0 Å². The average molecular weight is 209 g/mol. The quantitative estimate of drug-likeness (QED) is 0.491. The van der Waals surface area contributed by atoms with E-state index >= 15 is 0 Å². The van der Waals surface area contributed by atoms with Gasteiger partial charge >= 0.3 is 5.97 Å².